The van der Waals surface area contributed by atoms with Crippen molar-refractivity contribution in [2.24, 2.45) is 0 Å². The van der Waals surface area contributed by atoms with Gasteiger partial charge in [-0.25, -0.2) is 0 Å². The van der Waals surface area contributed by atoms with Gasteiger partial charge in [0, 0.05) is 12.1 Å². The molecule has 1 amide bonds. The van der Waals surface area contributed by atoms with Crippen molar-refractivity contribution in [1.82, 2.24) is 5.32 Å². The molecule has 3 rings (SSSR count). The second-order valence-corrected chi connectivity index (χ2v) is 5.74. The predicted molar refractivity (Wildman–Crippen MR) is 102 cm³/mol. The first-order chi connectivity index (χ1) is 12.7. The van der Waals surface area contributed by atoms with Gasteiger partial charge in [0.25, 0.3) is 5.91 Å². The van der Waals surface area contributed by atoms with E-state index in [0.29, 0.717) is 12.3 Å². The monoisotopic (exact) mass is 342 g/mol. The first-order valence-electron chi connectivity index (χ1n) is 8.22. The number of carbonyl (C=O) groups excluding carboxylic acids is 1. The lowest BCUT2D eigenvalue weighted by Gasteiger charge is -2.10. The molecule has 0 saturated heterocycles. The lowest BCUT2D eigenvalue weighted by Crippen LogP contribution is -2.23. The number of nitrogens with one attached hydrogen (secondary N) is 1. The predicted octanol–water partition coefficient (Wildman–Crippen LogP) is 4.07. The van der Waals surface area contributed by atoms with Crippen LogP contribution in [0.4, 0.5) is 0 Å². The minimum Gasteiger partial charge on any atom is -0.496 e. The molecule has 0 saturated carbocycles. The molecule has 0 aliphatic rings. The Morgan fingerprint density at radius 3 is 2.54 bits per heavy atom. The molecule has 0 atom stereocenters. The molecule has 3 aromatic carbocycles. The number of benzene rings is 3. The molecule has 4 heteroatoms. The van der Waals surface area contributed by atoms with Gasteiger partial charge in [0.15, 0.2) is 0 Å². The molecule has 0 aliphatic carbocycles. The Kier molecular flexibility index (Phi) is 5.31. The minimum atomic E-state index is -0.411. The molecule has 0 aliphatic heterocycles. The highest BCUT2D eigenvalue weighted by Gasteiger charge is 2.12. The molecule has 0 bridgehead atoms. The molecule has 4 nitrogen and oxygen atoms in total. The molecule has 1 N–H and O–H groups in total. The Morgan fingerprint density at radius 2 is 1.81 bits per heavy atom. The number of hydrogen-bond acceptors (Lipinski definition) is 3. The fraction of sp³-hybridized carbons (Fsp3) is 0.0909. The van der Waals surface area contributed by atoms with E-state index in [1.165, 1.54) is 0 Å². The zero-order chi connectivity index (χ0) is 18.4. The van der Waals surface area contributed by atoms with Gasteiger partial charge in [-0.15, -0.1) is 0 Å². The molecule has 0 radical (unpaired) electrons. The molecule has 0 heterocycles. The van der Waals surface area contributed by atoms with Crippen LogP contribution < -0.4 is 10.1 Å². The summed E-state index contributed by atoms with van der Waals surface area (Å²) in [6, 6.07) is 23.1. The second kappa shape index (κ2) is 8.00. The SMILES string of the molecule is COc1ccc2ccccc2c1C=C(C#N)C(=O)NCc1ccccc1. The molecule has 0 unspecified atom stereocenters. The molecule has 128 valence electrons. The normalized spacial score (nSPS) is 11.0. The van der Waals surface area contributed by atoms with Gasteiger partial charge in [-0.2, -0.15) is 5.26 Å². The van der Waals surface area contributed by atoms with Crippen LogP contribution in [-0.2, 0) is 11.3 Å². The van der Waals surface area contributed by atoms with Gasteiger partial charge in [-0.3, -0.25) is 4.79 Å². The van der Waals surface area contributed by atoms with Crippen LogP contribution in [0.15, 0.2) is 72.3 Å². The number of fused-ring (bicyclic) bond motifs is 1. The second-order valence-electron chi connectivity index (χ2n) is 5.74. The maximum Gasteiger partial charge on any atom is 0.262 e. The number of rotatable bonds is 5. The van der Waals surface area contributed by atoms with E-state index in [4.69, 9.17) is 4.74 Å². The summed E-state index contributed by atoms with van der Waals surface area (Å²) in [5.41, 5.74) is 1.73. The highest BCUT2D eigenvalue weighted by molar-refractivity contribution is 6.04. The topological polar surface area (TPSA) is 62.1 Å². The third kappa shape index (κ3) is 3.73. The molecule has 0 fully saturated rings. The zero-order valence-corrected chi connectivity index (χ0v) is 14.4. The third-order valence-corrected chi connectivity index (χ3v) is 4.10. The molecular weight excluding hydrogens is 324 g/mol. The molecule has 3 aromatic rings. The van der Waals surface area contributed by atoms with Crippen molar-refractivity contribution in [3.05, 3.63) is 83.4 Å². The van der Waals surface area contributed by atoms with Crippen LogP contribution in [0.5, 0.6) is 5.75 Å². The summed E-state index contributed by atoms with van der Waals surface area (Å²) in [5.74, 6) is 0.207. The van der Waals surface area contributed by atoms with Crippen molar-refractivity contribution in [3.8, 4) is 11.8 Å². The van der Waals surface area contributed by atoms with E-state index >= 15 is 0 Å². The van der Waals surface area contributed by atoms with Crippen LogP contribution in [0.25, 0.3) is 16.8 Å². The van der Waals surface area contributed by atoms with Gasteiger partial charge in [0.05, 0.1) is 7.11 Å². The first kappa shape index (κ1) is 17.2. The molecule has 0 aromatic heterocycles. The average Bonchev–Trinajstić information content (AvgIpc) is 2.70. The van der Waals surface area contributed by atoms with Crippen LogP contribution in [0.1, 0.15) is 11.1 Å². The Morgan fingerprint density at radius 1 is 1.08 bits per heavy atom. The zero-order valence-electron chi connectivity index (χ0n) is 14.4. The van der Waals surface area contributed by atoms with Gasteiger partial charge in [0.1, 0.15) is 17.4 Å². The largest absolute Gasteiger partial charge is 0.496 e. The van der Waals surface area contributed by atoms with Gasteiger partial charge < -0.3 is 10.1 Å². The number of hydrogen-bond donors (Lipinski definition) is 1. The van der Waals surface area contributed by atoms with Crippen LogP contribution in [0, 0.1) is 11.3 Å². The first-order valence-corrected chi connectivity index (χ1v) is 8.22. The number of nitrogens with zero attached hydrogens (tertiary/aromatic N) is 1. The number of nitriles is 1. The highest BCUT2D eigenvalue weighted by atomic mass is 16.5. The summed E-state index contributed by atoms with van der Waals surface area (Å²) in [7, 11) is 1.57. The maximum atomic E-state index is 12.4. The Labute approximate surface area is 152 Å². The van der Waals surface area contributed by atoms with Crippen LogP contribution in [0.3, 0.4) is 0 Å². The van der Waals surface area contributed by atoms with E-state index in [0.717, 1.165) is 21.9 Å². The van der Waals surface area contributed by atoms with Gasteiger partial charge >= 0.3 is 0 Å². The van der Waals surface area contributed by atoms with Gasteiger partial charge in [-0.1, -0.05) is 60.7 Å². The van der Waals surface area contributed by atoms with Crippen LogP contribution in [0.2, 0.25) is 0 Å². The van der Waals surface area contributed by atoms with Crippen molar-refractivity contribution in [2.75, 3.05) is 7.11 Å². The standard InChI is InChI=1S/C22H18N2O2/c1-26-21-12-11-17-9-5-6-10-19(17)20(21)13-18(14-23)22(25)24-15-16-7-3-2-4-8-16/h2-13H,15H2,1H3,(H,24,25). The van der Waals surface area contributed by atoms with Crippen molar-refractivity contribution in [1.29, 1.82) is 5.26 Å². The summed E-state index contributed by atoms with van der Waals surface area (Å²) in [5, 5.41) is 14.2. The fourth-order valence-electron chi connectivity index (χ4n) is 2.77. The van der Waals surface area contributed by atoms with E-state index in [-0.39, 0.29) is 5.57 Å². The fourth-order valence-corrected chi connectivity index (χ4v) is 2.77. The van der Waals surface area contributed by atoms with E-state index < -0.39 is 5.91 Å². The van der Waals surface area contributed by atoms with Crippen LogP contribution >= 0.6 is 0 Å². The number of carbonyl (C=O) groups is 1. The third-order valence-electron chi connectivity index (χ3n) is 4.10. The molecule has 26 heavy (non-hydrogen) atoms. The van der Waals surface area contributed by atoms with Gasteiger partial charge in [0.2, 0.25) is 0 Å². The Bertz CT molecular complexity index is 1000. The quantitative estimate of drug-likeness (QED) is 0.561. The van der Waals surface area contributed by atoms with Crippen molar-refractivity contribution in [2.45, 2.75) is 6.54 Å². The lowest BCUT2D eigenvalue weighted by atomic mass is 10.0. The lowest BCUT2D eigenvalue weighted by molar-refractivity contribution is -0.117. The summed E-state index contributed by atoms with van der Waals surface area (Å²) < 4.78 is 5.42. The van der Waals surface area contributed by atoms with Gasteiger partial charge in [-0.05, 0) is 28.5 Å². The van der Waals surface area contributed by atoms with E-state index in [9.17, 15) is 10.1 Å². The van der Waals surface area contributed by atoms with Crippen LogP contribution in [-0.4, -0.2) is 13.0 Å². The van der Waals surface area contributed by atoms with Crippen molar-refractivity contribution >= 4 is 22.8 Å². The maximum absolute atomic E-state index is 12.4. The molecule has 0 spiro atoms. The van der Waals surface area contributed by atoms with Crippen molar-refractivity contribution < 1.29 is 9.53 Å². The molecular formula is C22H18N2O2. The summed E-state index contributed by atoms with van der Waals surface area (Å²) in [6.07, 6.45) is 1.58. The Hall–Kier alpha value is -3.58. The van der Waals surface area contributed by atoms with E-state index in [1.807, 2.05) is 72.8 Å². The summed E-state index contributed by atoms with van der Waals surface area (Å²) in [6.45, 7) is 0.366. The number of amides is 1. The van der Waals surface area contributed by atoms with E-state index in [1.54, 1.807) is 13.2 Å². The number of ether oxygens (including phenoxy) is 1. The summed E-state index contributed by atoms with van der Waals surface area (Å²) >= 11 is 0. The van der Waals surface area contributed by atoms with E-state index in [2.05, 4.69) is 5.32 Å². The van der Waals surface area contributed by atoms with Crippen molar-refractivity contribution in [3.63, 3.8) is 0 Å². The smallest absolute Gasteiger partial charge is 0.262 e. The minimum absolute atomic E-state index is 0.0376. The number of methoxy groups -OCH3 is 1. The Balaban J connectivity index is 1.92. The summed E-state index contributed by atoms with van der Waals surface area (Å²) in [4.78, 5) is 12.4. The average molecular weight is 342 g/mol. The highest BCUT2D eigenvalue weighted by Crippen LogP contribution is 2.30.